The summed E-state index contributed by atoms with van der Waals surface area (Å²) in [5.41, 5.74) is -0.302. The molecule has 1 aromatic rings. The second kappa shape index (κ2) is 5.50. The summed E-state index contributed by atoms with van der Waals surface area (Å²) in [4.78, 5) is 25.4. The van der Waals surface area contributed by atoms with E-state index in [0.29, 0.717) is 19.4 Å². The molecule has 2 N–H and O–H groups in total. The fourth-order valence-electron chi connectivity index (χ4n) is 1.90. The predicted molar refractivity (Wildman–Crippen MR) is 67.0 cm³/mol. The highest BCUT2D eigenvalue weighted by Crippen LogP contribution is 2.26. The Morgan fingerprint density at radius 3 is 2.89 bits per heavy atom. The van der Waals surface area contributed by atoms with Gasteiger partial charge in [0.15, 0.2) is 0 Å². The topological polar surface area (TPSA) is 105 Å². The van der Waals surface area contributed by atoms with E-state index >= 15 is 0 Å². The Labute approximate surface area is 113 Å². The molecule has 1 saturated carbocycles. The van der Waals surface area contributed by atoms with E-state index in [-0.39, 0.29) is 28.4 Å². The number of aliphatic hydroxyl groups is 1. The Hall–Kier alpha value is -1.73. The van der Waals surface area contributed by atoms with Gasteiger partial charge in [-0.15, -0.1) is 0 Å². The first-order valence-electron chi connectivity index (χ1n) is 5.73. The number of nitro groups is 1. The van der Waals surface area contributed by atoms with Crippen LogP contribution < -0.4 is 5.32 Å². The molecule has 1 aliphatic carbocycles. The van der Waals surface area contributed by atoms with Gasteiger partial charge in [-0.1, -0.05) is 11.6 Å². The van der Waals surface area contributed by atoms with Gasteiger partial charge in [0.05, 0.1) is 16.6 Å². The minimum absolute atomic E-state index is 0.0178. The number of carbonyl (C=O) groups is 1. The molecule has 7 nitrogen and oxygen atoms in total. The van der Waals surface area contributed by atoms with E-state index in [1.807, 2.05) is 0 Å². The summed E-state index contributed by atoms with van der Waals surface area (Å²) in [5.74, 6) is -0.257. The van der Waals surface area contributed by atoms with Crippen LogP contribution in [-0.2, 0) is 0 Å². The van der Waals surface area contributed by atoms with Crippen molar-refractivity contribution < 1.29 is 14.8 Å². The summed E-state index contributed by atoms with van der Waals surface area (Å²) in [5, 5.41) is 22.3. The highest BCUT2D eigenvalue weighted by Gasteiger charge is 2.27. The zero-order chi connectivity index (χ0) is 14.0. The second-order valence-corrected chi connectivity index (χ2v) is 4.85. The van der Waals surface area contributed by atoms with Crippen molar-refractivity contribution in [3.8, 4) is 0 Å². The molecule has 0 atom stereocenters. The zero-order valence-corrected chi connectivity index (χ0v) is 10.6. The maximum atomic E-state index is 11.8. The Morgan fingerprint density at radius 2 is 2.32 bits per heavy atom. The zero-order valence-electron chi connectivity index (χ0n) is 9.88. The van der Waals surface area contributed by atoms with Crippen LogP contribution in [0.4, 0.5) is 5.69 Å². The number of nitrogens with zero attached hydrogens (tertiary/aromatic N) is 2. The number of carbonyl (C=O) groups excluding carboxylic acids is 1. The normalized spacial score (nSPS) is 21.6. The largest absolute Gasteiger partial charge is 0.393 e. The summed E-state index contributed by atoms with van der Waals surface area (Å²) < 4.78 is 0. The fourth-order valence-corrected chi connectivity index (χ4v) is 2.08. The Kier molecular flexibility index (Phi) is 3.96. The van der Waals surface area contributed by atoms with Crippen molar-refractivity contribution in [1.29, 1.82) is 0 Å². The van der Waals surface area contributed by atoms with Gasteiger partial charge >= 0.3 is 0 Å². The lowest BCUT2D eigenvalue weighted by Crippen LogP contribution is -2.38. The number of hydrogen-bond acceptors (Lipinski definition) is 5. The van der Waals surface area contributed by atoms with Gasteiger partial charge in [-0.2, -0.15) is 0 Å². The van der Waals surface area contributed by atoms with Crippen LogP contribution in [0.1, 0.15) is 23.2 Å². The van der Waals surface area contributed by atoms with E-state index in [1.54, 1.807) is 0 Å². The van der Waals surface area contributed by atoms with Gasteiger partial charge in [0.2, 0.25) is 0 Å². The molecule has 1 fully saturated rings. The molecule has 8 heteroatoms. The maximum Gasteiger partial charge on any atom is 0.288 e. The first-order valence-corrected chi connectivity index (χ1v) is 6.11. The van der Waals surface area contributed by atoms with Crippen LogP contribution in [0, 0.1) is 16.0 Å². The van der Waals surface area contributed by atoms with Crippen molar-refractivity contribution in [3.63, 3.8) is 0 Å². The van der Waals surface area contributed by atoms with E-state index in [1.165, 1.54) is 0 Å². The van der Waals surface area contributed by atoms with Crippen LogP contribution in [0.15, 0.2) is 12.3 Å². The number of aliphatic hydroxyl groups excluding tert-OH is 1. The first kappa shape index (κ1) is 13.7. The molecule has 0 radical (unpaired) electrons. The van der Waals surface area contributed by atoms with Gasteiger partial charge in [-0.3, -0.25) is 14.9 Å². The van der Waals surface area contributed by atoms with Gasteiger partial charge in [-0.05, 0) is 18.8 Å². The lowest BCUT2D eigenvalue weighted by atomic mass is 9.82. The third kappa shape index (κ3) is 3.18. The van der Waals surface area contributed by atoms with Gasteiger partial charge in [0, 0.05) is 12.6 Å². The SMILES string of the molecule is O=C(NCC1CC(O)C1)c1cc([N+](=O)[O-])cnc1Cl. The minimum Gasteiger partial charge on any atom is -0.393 e. The van der Waals surface area contributed by atoms with Gasteiger partial charge < -0.3 is 10.4 Å². The Balaban J connectivity index is 2.01. The molecule has 0 saturated heterocycles. The predicted octanol–water partition coefficient (Wildman–Crippen LogP) is 1.14. The summed E-state index contributed by atoms with van der Waals surface area (Å²) in [6.45, 7) is 0.412. The fraction of sp³-hybridized carbons (Fsp3) is 0.455. The molecule has 0 spiro atoms. The number of amides is 1. The third-order valence-electron chi connectivity index (χ3n) is 3.04. The van der Waals surface area contributed by atoms with E-state index in [9.17, 15) is 14.9 Å². The number of pyridine rings is 1. The first-order chi connectivity index (χ1) is 8.97. The molecule has 19 heavy (non-hydrogen) atoms. The average Bonchev–Trinajstić information content (AvgIpc) is 2.33. The smallest absolute Gasteiger partial charge is 0.288 e. The standard InChI is InChI=1S/C11H12ClN3O4/c12-10-9(3-7(5-13-10)15(18)19)11(17)14-4-6-1-8(16)2-6/h3,5-6,8,16H,1-2,4H2,(H,14,17). The van der Waals surface area contributed by atoms with E-state index in [0.717, 1.165) is 12.3 Å². The third-order valence-corrected chi connectivity index (χ3v) is 3.34. The summed E-state index contributed by atoms with van der Waals surface area (Å²) in [6.07, 6.45) is 2.02. The molecule has 0 aromatic carbocycles. The molecule has 1 aliphatic rings. The van der Waals surface area contributed by atoms with Crippen molar-refractivity contribution in [1.82, 2.24) is 10.3 Å². The van der Waals surface area contributed by atoms with Crippen molar-refractivity contribution in [2.75, 3.05) is 6.54 Å². The van der Waals surface area contributed by atoms with Crippen molar-refractivity contribution in [3.05, 3.63) is 33.1 Å². The van der Waals surface area contributed by atoms with Crippen LogP contribution >= 0.6 is 11.6 Å². The Morgan fingerprint density at radius 1 is 1.63 bits per heavy atom. The van der Waals surface area contributed by atoms with Gasteiger partial charge in [0.25, 0.3) is 11.6 Å². The molecule has 0 unspecified atom stereocenters. The highest BCUT2D eigenvalue weighted by atomic mass is 35.5. The molecule has 1 heterocycles. The monoisotopic (exact) mass is 285 g/mol. The minimum atomic E-state index is -0.637. The number of hydrogen-bond donors (Lipinski definition) is 2. The van der Waals surface area contributed by atoms with E-state index in [2.05, 4.69) is 10.3 Å². The number of rotatable bonds is 4. The Bertz CT molecular complexity index is 517. The van der Waals surface area contributed by atoms with Crippen LogP contribution in [0.5, 0.6) is 0 Å². The molecule has 102 valence electrons. The van der Waals surface area contributed by atoms with Crippen LogP contribution in [0.2, 0.25) is 5.15 Å². The average molecular weight is 286 g/mol. The van der Waals surface area contributed by atoms with Gasteiger partial charge in [-0.25, -0.2) is 4.98 Å². The molecule has 1 amide bonds. The maximum absolute atomic E-state index is 11.8. The molecular formula is C11H12ClN3O4. The lowest BCUT2D eigenvalue weighted by Gasteiger charge is -2.31. The van der Waals surface area contributed by atoms with Crippen LogP contribution in [0.25, 0.3) is 0 Å². The van der Waals surface area contributed by atoms with Crippen molar-refractivity contribution in [2.24, 2.45) is 5.92 Å². The molecule has 0 bridgehead atoms. The highest BCUT2D eigenvalue weighted by molar-refractivity contribution is 6.32. The second-order valence-electron chi connectivity index (χ2n) is 4.49. The molecule has 1 aromatic heterocycles. The number of aromatic nitrogens is 1. The molecule has 2 rings (SSSR count). The number of nitrogens with one attached hydrogen (secondary N) is 1. The number of halogens is 1. The van der Waals surface area contributed by atoms with Crippen LogP contribution in [0.3, 0.4) is 0 Å². The summed E-state index contributed by atoms with van der Waals surface area (Å²) in [7, 11) is 0. The van der Waals surface area contributed by atoms with Crippen molar-refractivity contribution >= 4 is 23.2 Å². The molecule has 0 aliphatic heterocycles. The summed E-state index contributed by atoms with van der Waals surface area (Å²) in [6, 6.07) is 1.10. The lowest BCUT2D eigenvalue weighted by molar-refractivity contribution is -0.385. The van der Waals surface area contributed by atoms with E-state index in [4.69, 9.17) is 16.7 Å². The van der Waals surface area contributed by atoms with Crippen LogP contribution in [-0.4, -0.2) is 33.6 Å². The quantitative estimate of drug-likeness (QED) is 0.490. The molecular weight excluding hydrogens is 274 g/mol. The van der Waals surface area contributed by atoms with E-state index < -0.39 is 10.8 Å². The van der Waals surface area contributed by atoms with Crippen molar-refractivity contribution in [2.45, 2.75) is 18.9 Å². The summed E-state index contributed by atoms with van der Waals surface area (Å²) >= 11 is 5.75. The van der Waals surface area contributed by atoms with Gasteiger partial charge in [0.1, 0.15) is 11.3 Å².